The van der Waals surface area contributed by atoms with E-state index in [4.69, 9.17) is 9.47 Å². The Morgan fingerprint density at radius 1 is 1.21 bits per heavy atom. The van der Waals surface area contributed by atoms with E-state index < -0.39 is 0 Å². The van der Waals surface area contributed by atoms with Crippen LogP contribution in [-0.2, 0) is 11.2 Å². The maximum absolute atomic E-state index is 6.02. The molecule has 0 bridgehead atoms. The number of hydrogen-bond donors (Lipinski definition) is 2. The van der Waals surface area contributed by atoms with Crippen LogP contribution in [-0.4, -0.2) is 63.4 Å². The highest BCUT2D eigenvalue weighted by molar-refractivity contribution is 7.10. The van der Waals surface area contributed by atoms with Crippen molar-refractivity contribution in [3.63, 3.8) is 0 Å². The van der Waals surface area contributed by atoms with Crippen LogP contribution in [0, 0.1) is 0 Å². The minimum absolute atomic E-state index is 0.142. The lowest BCUT2D eigenvalue weighted by atomic mass is 10.1. The Labute approximate surface area is 170 Å². The van der Waals surface area contributed by atoms with E-state index in [0.29, 0.717) is 6.04 Å². The van der Waals surface area contributed by atoms with Crippen LogP contribution in [0.5, 0.6) is 5.75 Å². The lowest BCUT2D eigenvalue weighted by Gasteiger charge is -2.34. The Morgan fingerprint density at radius 3 is 2.82 bits per heavy atom. The van der Waals surface area contributed by atoms with Crippen molar-refractivity contribution < 1.29 is 9.47 Å². The molecule has 1 saturated heterocycles. The molecule has 2 aliphatic rings. The monoisotopic (exact) mass is 400 g/mol. The third kappa shape index (κ3) is 4.66. The summed E-state index contributed by atoms with van der Waals surface area (Å²) in [5.41, 5.74) is 1.28. The lowest BCUT2D eigenvalue weighted by Crippen LogP contribution is -2.47. The molecular formula is C21H28N4O2S. The maximum Gasteiger partial charge on any atom is 0.191 e. The van der Waals surface area contributed by atoms with Gasteiger partial charge in [0, 0.05) is 38.0 Å². The number of aliphatic imine (C=N–C) groups is 1. The van der Waals surface area contributed by atoms with E-state index in [1.807, 2.05) is 30.5 Å². The first-order valence-corrected chi connectivity index (χ1v) is 10.8. The zero-order chi connectivity index (χ0) is 19.2. The molecule has 6 nitrogen and oxygen atoms in total. The number of thiophene rings is 1. The van der Waals surface area contributed by atoms with Crippen molar-refractivity contribution in [2.24, 2.45) is 4.99 Å². The predicted molar refractivity (Wildman–Crippen MR) is 113 cm³/mol. The molecular weight excluding hydrogens is 372 g/mol. The Hall–Kier alpha value is -2.09. The normalized spacial score (nSPS) is 21.0. The number of para-hydroxylation sites is 1. The van der Waals surface area contributed by atoms with Gasteiger partial charge in [-0.2, -0.15) is 0 Å². The van der Waals surface area contributed by atoms with Gasteiger partial charge in [-0.15, -0.1) is 11.3 Å². The summed E-state index contributed by atoms with van der Waals surface area (Å²) in [5.74, 6) is 1.82. The highest BCUT2D eigenvalue weighted by atomic mass is 32.1. The van der Waals surface area contributed by atoms with E-state index in [1.54, 1.807) is 0 Å². The molecule has 3 heterocycles. The number of hydrogen-bond acceptors (Lipinski definition) is 5. The van der Waals surface area contributed by atoms with E-state index >= 15 is 0 Å². The molecule has 2 aromatic rings. The van der Waals surface area contributed by atoms with Gasteiger partial charge >= 0.3 is 0 Å². The molecule has 0 radical (unpaired) electrons. The summed E-state index contributed by atoms with van der Waals surface area (Å²) in [6.45, 7) is 5.07. The van der Waals surface area contributed by atoms with Crippen LogP contribution >= 0.6 is 11.3 Å². The molecule has 0 amide bonds. The topological polar surface area (TPSA) is 58.1 Å². The second-order valence-corrected chi connectivity index (χ2v) is 8.04. The van der Waals surface area contributed by atoms with Gasteiger partial charge in [0.25, 0.3) is 0 Å². The van der Waals surface area contributed by atoms with Gasteiger partial charge < -0.3 is 20.1 Å². The molecule has 0 spiro atoms. The smallest absolute Gasteiger partial charge is 0.191 e. The third-order valence-electron chi connectivity index (χ3n) is 5.26. The van der Waals surface area contributed by atoms with Gasteiger partial charge in [0.15, 0.2) is 5.96 Å². The van der Waals surface area contributed by atoms with Crippen LogP contribution in [0.15, 0.2) is 46.8 Å². The average Bonchev–Trinajstić information content (AvgIpc) is 3.41. The molecule has 0 aliphatic carbocycles. The molecule has 1 aromatic heterocycles. The summed E-state index contributed by atoms with van der Waals surface area (Å²) in [7, 11) is 1.81. The van der Waals surface area contributed by atoms with E-state index in [-0.39, 0.29) is 6.10 Å². The summed E-state index contributed by atoms with van der Waals surface area (Å²) >= 11 is 1.81. The van der Waals surface area contributed by atoms with E-state index in [0.717, 1.165) is 57.5 Å². The second-order valence-electron chi connectivity index (χ2n) is 7.07. The zero-order valence-electron chi connectivity index (χ0n) is 16.3. The quantitative estimate of drug-likeness (QED) is 0.576. The molecule has 0 saturated carbocycles. The average molecular weight is 401 g/mol. The first-order chi connectivity index (χ1) is 13.8. The van der Waals surface area contributed by atoms with Crippen LogP contribution in [0.3, 0.4) is 0 Å². The Bertz CT molecular complexity index is 749. The molecule has 2 N–H and O–H groups in total. The van der Waals surface area contributed by atoms with Gasteiger partial charge in [-0.1, -0.05) is 24.3 Å². The van der Waals surface area contributed by atoms with Gasteiger partial charge in [0.2, 0.25) is 0 Å². The summed E-state index contributed by atoms with van der Waals surface area (Å²) in [6, 6.07) is 12.9. The van der Waals surface area contributed by atoms with Crippen molar-refractivity contribution in [2.45, 2.75) is 18.6 Å². The van der Waals surface area contributed by atoms with Gasteiger partial charge in [0.1, 0.15) is 11.9 Å². The first kappa shape index (κ1) is 19.2. The van der Waals surface area contributed by atoms with Gasteiger partial charge in [-0.3, -0.25) is 9.89 Å². The highest BCUT2D eigenvalue weighted by Crippen LogP contribution is 2.28. The molecule has 150 valence electrons. The molecule has 2 unspecified atom stereocenters. The largest absolute Gasteiger partial charge is 0.488 e. The number of morpholine rings is 1. The minimum atomic E-state index is 0.142. The Morgan fingerprint density at radius 2 is 2.07 bits per heavy atom. The number of benzene rings is 1. The van der Waals surface area contributed by atoms with Crippen LogP contribution in [0.2, 0.25) is 0 Å². The Kier molecular flexibility index (Phi) is 6.46. The fourth-order valence-corrected chi connectivity index (χ4v) is 4.63. The molecule has 2 atom stereocenters. The SMILES string of the molecule is CN=C(NCC1Cc2ccccc2O1)NCC(c1cccs1)N1CCOCC1. The zero-order valence-corrected chi connectivity index (χ0v) is 17.1. The third-order valence-corrected chi connectivity index (χ3v) is 6.23. The number of guanidine groups is 1. The molecule has 1 fully saturated rings. The first-order valence-electron chi connectivity index (χ1n) is 9.88. The summed E-state index contributed by atoms with van der Waals surface area (Å²) < 4.78 is 11.5. The van der Waals surface area contributed by atoms with Crippen LogP contribution < -0.4 is 15.4 Å². The van der Waals surface area contributed by atoms with Crippen LogP contribution in [0.1, 0.15) is 16.5 Å². The van der Waals surface area contributed by atoms with E-state index in [1.165, 1.54) is 10.4 Å². The summed E-state index contributed by atoms with van der Waals surface area (Å²) in [5, 5.41) is 9.08. The molecule has 1 aromatic carbocycles. The number of nitrogens with one attached hydrogen (secondary N) is 2. The van der Waals surface area contributed by atoms with Gasteiger partial charge in [-0.05, 0) is 23.1 Å². The second kappa shape index (κ2) is 9.41. The van der Waals surface area contributed by atoms with E-state index in [2.05, 4.69) is 50.2 Å². The van der Waals surface area contributed by atoms with Crippen molar-refractivity contribution in [1.29, 1.82) is 0 Å². The summed E-state index contributed by atoms with van der Waals surface area (Å²) in [4.78, 5) is 8.26. The van der Waals surface area contributed by atoms with Crippen LogP contribution in [0.25, 0.3) is 0 Å². The standard InChI is InChI=1S/C21H28N4O2S/c1-22-21(23-14-17-13-16-5-2-3-6-19(16)27-17)24-15-18(20-7-4-12-28-20)25-8-10-26-11-9-25/h2-7,12,17-18H,8-11,13-15H2,1H3,(H2,22,23,24). The minimum Gasteiger partial charge on any atom is -0.488 e. The fourth-order valence-electron chi connectivity index (χ4n) is 3.77. The number of fused-ring (bicyclic) bond motifs is 1. The number of rotatable bonds is 6. The van der Waals surface area contributed by atoms with Crippen molar-refractivity contribution >= 4 is 17.3 Å². The van der Waals surface area contributed by atoms with Crippen molar-refractivity contribution in [1.82, 2.24) is 15.5 Å². The Balaban J connectivity index is 1.30. The van der Waals surface area contributed by atoms with Gasteiger partial charge in [0.05, 0.1) is 25.8 Å². The maximum atomic E-state index is 6.02. The van der Waals surface area contributed by atoms with Crippen LogP contribution in [0.4, 0.5) is 0 Å². The highest BCUT2D eigenvalue weighted by Gasteiger charge is 2.25. The summed E-state index contributed by atoms with van der Waals surface area (Å²) in [6.07, 6.45) is 1.08. The van der Waals surface area contributed by atoms with Crippen molar-refractivity contribution in [3.8, 4) is 5.75 Å². The van der Waals surface area contributed by atoms with Gasteiger partial charge in [-0.25, -0.2) is 0 Å². The lowest BCUT2D eigenvalue weighted by molar-refractivity contribution is 0.0177. The molecule has 2 aliphatic heterocycles. The van der Waals surface area contributed by atoms with Crippen molar-refractivity contribution in [3.05, 3.63) is 52.2 Å². The van der Waals surface area contributed by atoms with E-state index in [9.17, 15) is 0 Å². The number of nitrogens with zero attached hydrogens (tertiary/aromatic N) is 2. The van der Waals surface area contributed by atoms with Crippen molar-refractivity contribution in [2.75, 3.05) is 46.4 Å². The molecule has 4 rings (SSSR count). The predicted octanol–water partition coefficient (Wildman–Crippen LogP) is 2.29. The fraction of sp³-hybridized carbons (Fsp3) is 0.476. The molecule has 28 heavy (non-hydrogen) atoms. The molecule has 7 heteroatoms. The number of ether oxygens (including phenoxy) is 2.